The van der Waals surface area contributed by atoms with Crippen LogP contribution in [0.2, 0.25) is 10.0 Å². The number of rotatable bonds is 4. The first kappa shape index (κ1) is 20.6. The van der Waals surface area contributed by atoms with Crippen LogP contribution in [0.1, 0.15) is 12.8 Å². The third kappa shape index (κ3) is 4.71. The topological polar surface area (TPSA) is 58.1 Å². The van der Waals surface area contributed by atoms with Crippen molar-refractivity contribution in [3.8, 4) is 11.3 Å². The molecular weight excluding hydrogens is 426 g/mol. The average Bonchev–Trinajstić information content (AvgIpc) is 2.77. The molecule has 1 aliphatic heterocycles. The van der Waals surface area contributed by atoms with E-state index in [1.54, 1.807) is 30.3 Å². The molecule has 1 N–H and O–H groups in total. The van der Waals surface area contributed by atoms with Gasteiger partial charge in [-0.15, -0.1) is 10.2 Å². The van der Waals surface area contributed by atoms with E-state index in [9.17, 15) is 9.18 Å². The highest BCUT2D eigenvalue weighted by molar-refractivity contribution is 6.35. The fourth-order valence-electron chi connectivity index (χ4n) is 3.47. The van der Waals surface area contributed by atoms with Gasteiger partial charge in [0, 0.05) is 29.6 Å². The van der Waals surface area contributed by atoms with Crippen LogP contribution in [0.5, 0.6) is 0 Å². The summed E-state index contributed by atoms with van der Waals surface area (Å²) >= 11 is 12.1. The van der Waals surface area contributed by atoms with Crippen molar-refractivity contribution in [2.75, 3.05) is 23.3 Å². The minimum atomic E-state index is -0.284. The Morgan fingerprint density at radius 1 is 1.00 bits per heavy atom. The van der Waals surface area contributed by atoms with Gasteiger partial charge in [-0.3, -0.25) is 4.79 Å². The van der Waals surface area contributed by atoms with Crippen LogP contribution in [0, 0.1) is 11.7 Å². The van der Waals surface area contributed by atoms with Crippen LogP contribution in [-0.4, -0.2) is 29.2 Å². The number of hydrogen-bond acceptors (Lipinski definition) is 4. The number of piperidine rings is 1. The Hall–Kier alpha value is -2.70. The molecule has 0 aliphatic carbocycles. The monoisotopic (exact) mass is 444 g/mol. The first-order valence-electron chi connectivity index (χ1n) is 9.60. The van der Waals surface area contributed by atoms with Crippen molar-refractivity contribution in [2.45, 2.75) is 12.8 Å². The van der Waals surface area contributed by atoms with E-state index in [0.717, 1.165) is 11.4 Å². The second-order valence-corrected chi connectivity index (χ2v) is 8.00. The molecule has 1 fully saturated rings. The number of aromatic nitrogens is 2. The highest BCUT2D eigenvalue weighted by atomic mass is 35.5. The third-order valence-electron chi connectivity index (χ3n) is 5.17. The van der Waals surface area contributed by atoms with E-state index in [1.807, 2.05) is 12.1 Å². The molecule has 0 bridgehead atoms. The van der Waals surface area contributed by atoms with Crippen molar-refractivity contribution in [1.29, 1.82) is 0 Å². The van der Waals surface area contributed by atoms with Crippen molar-refractivity contribution in [1.82, 2.24) is 10.2 Å². The minimum Gasteiger partial charge on any atom is -0.355 e. The van der Waals surface area contributed by atoms with Crippen LogP contribution in [0.15, 0.2) is 54.6 Å². The SMILES string of the molecule is O=C(Nc1cc(Cl)ccc1Cl)C1CCN(c2ccc(-c3ccc(F)cc3)nn2)CC1. The summed E-state index contributed by atoms with van der Waals surface area (Å²) in [5.74, 6) is 0.310. The molecule has 5 nitrogen and oxygen atoms in total. The molecule has 0 atom stereocenters. The molecule has 154 valence electrons. The summed E-state index contributed by atoms with van der Waals surface area (Å²) in [6.07, 6.45) is 1.40. The number of carbonyl (C=O) groups is 1. The van der Waals surface area contributed by atoms with Crippen LogP contribution in [0.25, 0.3) is 11.3 Å². The van der Waals surface area contributed by atoms with E-state index >= 15 is 0 Å². The van der Waals surface area contributed by atoms with E-state index < -0.39 is 0 Å². The number of halogens is 3. The summed E-state index contributed by atoms with van der Waals surface area (Å²) in [7, 11) is 0. The molecule has 0 unspecified atom stereocenters. The highest BCUT2D eigenvalue weighted by Gasteiger charge is 2.26. The number of nitrogens with one attached hydrogen (secondary N) is 1. The Kier molecular flexibility index (Phi) is 6.16. The largest absolute Gasteiger partial charge is 0.355 e. The van der Waals surface area contributed by atoms with Gasteiger partial charge in [0.1, 0.15) is 5.82 Å². The van der Waals surface area contributed by atoms with Crippen LogP contribution in [-0.2, 0) is 4.79 Å². The molecule has 0 spiro atoms. The third-order valence-corrected chi connectivity index (χ3v) is 5.73. The van der Waals surface area contributed by atoms with Gasteiger partial charge in [-0.05, 0) is 67.4 Å². The van der Waals surface area contributed by atoms with Gasteiger partial charge in [0.15, 0.2) is 5.82 Å². The van der Waals surface area contributed by atoms with Crippen molar-refractivity contribution in [3.05, 3.63) is 70.5 Å². The summed E-state index contributed by atoms with van der Waals surface area (Å²) in [5.41, 5.74) is 2.02. The predicted octanol–water partition coefficient (Wildman–Crippen LogP) is 5.44. The number of hydrogen-bond donors (Lipinski definition) is 1. The van der Waals surface area contributed by atoms with Gasteiger partial charge in [0.2, 0.25) is 5.91 Å². The molecule has 1 aromatic heterocycles. The van der Waals surface area contributed by atoms with Crippen LogP contribution in [0.3, 0.4) is 0 Å². The Balaban J connectivity index is 1.35. The number of benzene rings is 2. The molecule has 30 heavy (non-hydrogen) atoms. The molecule has 1 saturated heterocycles. The lowest BCUT2D eigenvalue weighted by Gasteiger charge is -2.31. The summed E-state index contributed by atoms with van der Waals surface area (Å²) in [6.45, 7) is 1.40. The summed E-state index contributed by atoms with van der Waals surface area (Å²) < 4.78 is 13.1. The van der Waals surface area contributed by atoms with Gasteiger partial charge < -0.3 is 10.2 Å². The van der Waals surface area contributed by atoms with Gasteiger partial charge >= 0.3 is 0 Å². The van der Waals surface area contributed by atoms with Crippen molar-refractivity contribution in [3.63, 3.8) is 0 Å². The van der Waals surface area contributed by atoms with Gasteiger partial charge in [-0.2, -0.15) is 0 Å². The zero-order valence-electron chi connectivity index (χ0n) is 16.0. The molecular formula is C22H19Cl2FN4O. The zero-order valence-corrected chi connectivity index (χ0v) is 17.5. The molecule has 1 amide bonds. The Labute approximate surface area is 183 Å². The minimum absolute atomic E-state index is 0.0587. The maximum absolute atomic E-state index is 13.1. The molecule has 3 aromatic rings. The summed E-state index contributed by atoms with van der Waals surface area (Å²) in [5, 5.41) is 12.4. The van der Waals surface area contributed by atoms with E-state index in [2.05, 4.69) is 20.4 Å². The van der Waals surface area contributed by atoms with Gasteiger partial charge in [0.05, 0.1) is 16.4 Å². The van der Waals surface area contributed by atoms with E-state index in [-0.39, 0.29) is 17.6 Å². The smallest absolute Gasteiger partial charge is 0.227 e. The Morgan fingerprint density at radius 2 is 1.73 bits per heavy atom. The number of anilines is 2. The zero-order chi connectivity index (χ0) is 21.1. The van der Waals surface area contributed by atoms with Crippen molar-refractivity contribution < 1.29 is 9.18 Å². The maximum Gasteiger partial charge on any atom is 0.227 e. The lowest BCUT2D eigenvalue weighted by Crippen LogP contribution is -2.38. The number of amides is 1. The Morgan fingerprint density at radius 3 is 2.40 bits per heavy atom. The van der Waals surface area contributed by atoms with Gasteiger partial charge in [0.25, 0.3) is 0 Å². The number of carbonyl (C=O) groups excluding carboxylic acids is 1. The highest BCUT2D eigenvalue weighted by Crippen LogP contribution is 2.28. The second-order valence-electron chi connectivity index (χ2n) is 7.16. The average molecular weight is 445 g/mol. The van der Waals surface area contributed by atoms with E-state index in [4.69, 9.17) is 23.2 Å². The first-order valence-corrected chi connectivity index (χ1v) is 10.4. The van der Waals surface area contributed by atoms with Crippen LogP contribution < -0.4 is 10.2 Å². The van der Waals surface area contributed by atoms with E-state index in [0.29, 0.717) is 47.4 Å². The second kappa shape index (κ2) is 8.98. The first-order chi connectivity index (χ1) is 14.5. The normalized spacial score (nSPS) is 14.6. The van der Waals surface area contributed by atoms with Gasteiger partial charge in [-0.1, -0.05) is 23.2 Å². The lowest BCUT2D eigenvalue weighted by molar-refractivity contribution is -0.120. The summed E-state index contributed by atoms with van der Waals surface area (Å²) in [6, 6.07) is 14.9. The maximum atomic E-state index is 13.1. The lowest BCUT2D eigenvalue weighted by atomic mass is 9.95. The number of nitrogens with zero attached hydrogens (tertiary/aromatic N) is 3. The van der Waals surface area contributed by atoms with Gasteiger partial charge in [-0.25, -0.2) is 4.39 Å². The summed E-state index contributed by atoms with van der Waals surface area (Å²) in [4.78, 5) is 14.7. The fourth-order valence-corrected chi connectivity index (χ4v) is 3.80. The predicted molar refractivity (Wildman–Crippen MR) is 117 cm³/mol. The molecule has 2 aromatic carbocycles. The molecule has 0 radical (unpaired) electrons. The van der Waals surface area contributed by atoms with Crippen molar-refractivity contribution >= 4 is 40.6 Å². The quantitative estimate of drug-likeness (QED) is 0.581. The molecule has 8 heteroatoms. The fraction of sp³-hybridized carbons (Fsp3) is 0.227. The molecule has 2 heterocycles. The van der Waals surface area contributed by atoms with Crippen LogP contribution in [0.4, 0.5) is 15.9 Å². The standard InChI is InChI=1S/C22H19Cl2FN4O/c23-16-3-6-18(24)20(13-16)26-22(30)15-9-11-29(12-10-15)21-8-7-19(27-28-21)14-1-4-17(25)5-2-14/h1-8,13,15H,9-12H2,(H,26,30). The Bertz CT molecular complexity index is 1040. The van der Waals surface area contributed by atoms with Crippen LogP contribution >= 0.6 is 23.2 Å². The van der Waals surface area contributed by atoms with Crippen molar-refractivity contribution in [2.24, 2.45) is 5.92 Å². The van der Waals surface area contributed by atoms with E-state index in [1.165, 1.54) is 12.1 Å². The molecule has 1 aliphatic rings. The molecule has 0 saturated carbocycles. The molecule has 4 rings (SSSR count).